The van der Waals surface area contributed by atoms with Gasteiger partial charge in [0.1, 0.15) is 5.01 Å². The van der Waals surface area contributed by atoms with Crippen molar-refractivity contribution in [2.75, 3.05) is 13.1 Å². The van der Waals surface area contributed by atoms with Gasteiger partial charge in [0.2, 0.25) is 0 Å². The predicted molar refractivity (Wildman–Crippen MR) is 111 cm³/mol. The first kappa shape index (κ1) is 18.8. The summed E-state index contributed by atoms with van der Waals surface area (Å²) in [6.45, 7) is 2.90. The fraction of sp³-hybridized carbons (Fsp3) is 0.318. The van der Waals surface area contributed by atoms with Crippen LogP contribution in [-0.4, -0.2) is 33.9 Å². The van der Waals surface area contributed by atoms with E-state index < -0.39 is 0 Å². The number of pyridine rings is 1. The van der Waals surface area contributed by atoms with Crippen LogP contribution in [0.1, 0.15) is 39.8 Å². The molecule has 0 bridgehead atoms. The quantitative estimate of drug-likeness (QED) is 0.691. The summed E-state index contributed by atoms with van der Waals surface area (Å²) in [4.78, 5) is 24.0. The molecular weight excluding hydrogens is 368 g/mol. The van der Waals surface area contributed by atoms with E-state index in [2.05, 4.69) is 26.3 Å². The van der Waals surface area contributed by atoms with E-state index in [0.29, 0.717) is 11.5 Å². The first-order valence-electron chi connectivity index (χ1n) is 9.66. The molecule has 2 aromatic heterocycles. The Morgan fingerprint density at radius 2 is 2.11 bits per heavy atom. The van der Waals surface area contributed by atoms with Crippen molar-refractivity contribution in [1.29, 1.82) is 0 Å². The van der Waals surface area contributed by atoms with Crippen LogP contribution in [0.25, 0.3) is 0 Å². The molecule has 1 aliphatic heterocycles. The van der Waals surface area contributed by atoms with E-state index in [0.717, 1.165) is 37.5 Å². The molecule has 2 unspecified atom stereocenters. The van der Waals surface area contributed by atoms with Gasteiger partial charge in [-0.05, 0) is 49.1 Å². The Hall–Kier alpha value is -2.57. The molecule has 0 aliphatic carbocycles. The van der Waals surface area contributed by atoms with Crippen molar-refractivity contribution in [2.45, 2.75) is 25.4 Å². The van der Waals surface area contributed by atoms with Gasteiger partial charge in [-0.3, -0.25) is 14.7 Å². The number of likely N-dealkylation sites (tertiary alicyclic amines) is 1. The average Bonchev–Trinajstić information content (AvgIpc) is 3.28. The van der Waals surface area contributed by atoms with Gasteiger partial charge < -0.3 is 5.32 Å². The Morgan fingerprint density at radius 3 is 2.86 bits per heavy atom. The Bertz CT molecular complexity index is 870. The highest BCUT2D eigenvalue weighted by Crippen LogP contribution is 2.31. The molecule has 2 atom stereocenters. The maximum absolute atomic E-state index is 12.8. The van der Waals surface area contributed by atoms with Gasteiger partial charge in [0.25, 0.3) is 5.91 Å². The first-order valence-corrected chi connectivity index (χ1v) is 10.5. The average molecular weight is 393 g/mol. The van der Waals surface area contributed by atoms with Crippen LogP contribution in [0.5, 0.6) is 0 Å². The second kappa shape index (κ2) is 9.08. The topological polar surface area (TPSA) is 58.1 Å². The number of carbonyl (C=O) groups is 1. The van der Waals surface area contributed by atoms with E-state index in [1.54, 1.807) is 17.5 Å². The lowest BCUT2D eigenvalue weighted by molar-refractivity contribution is 0.0877. The number of aromatic nitrogens is 2. The summed E-state index contributed by atoms with van der Waals surface area (Å²) in [6, 6.07) is 13.4. The largest absolute Gasteiger partial charge is 0.342 e. The molecule has 28 heavy (non-hydrogen) atoms. The van der Waals surface area contributed by atoms with E-state index in [4.69, 9.17) is 0 Å². The maximum Gasteiger partial charge on any atom is 0.251 e. The van der Waals surface area contributed by atoms with Crippen LogP contribution in [0.3, 0.4) is 0 Å². The van der Waals surface area contributed by atoms with Gasteiger partial charge in [-0.2, -0.15) is 0 Å². The Balaban J connectivity index is 1.49. The highest BCUT2D eigenvalue weighted by molar-refractivity contribution is 7.09. The predicted octanol–water partition coefficient (Wildman–Crippen LogP) is 3.92. The number of thiazole rings is 1. The van der Waals surface area contributed by atoms with Gasteiger partial charge in [-0.15, -0.1) is 11.3 Å². The second-order valence-corrected chi connectivity index (χ2v) is 8.11. The van der Waals surface area contributed by atoms with Crippen molar-refractivity contribution in [3.63, 3.8) is 0 Å². The molecule has 0 spiro atoms. The molecule has 3 heterocycles. The van der Waals surface area contributed by atoms with Crippen molar-refractivity contribution in [1.82, 2.24) is 20.2 Å². The molecule has 5 nitrogen and oxygen atoms in total. The summed E-state index contributed by atoms with van der Waals surface area (Å²) in [5.41, 5.74) is 1.91. The van der Waals surface area contributed by atoms with E-state index in [9.17, 15) is 4.79 Å². The van der Waals surface area contributed by atoms with Gasteiger partial charge >= 0.3 is 0 Å². The number of amides is 1. The molecule has 6 heteroatoms. The van der Waals surface area contributed by atoms with Crippen LogP contribution in [0.15, 0.2) is 66.4 Å². The van der Waals surface area contributed by atoms with Crippen molar-refractivity contribution in [3.8, 4) is 0 Å². The van der Waals surface area contributed by atoms with Gasteiger partial charge in [-0.1, -0.05) is 24.3 Å². The summed E-state index contributed by atoms with van der Waals surface area (Å²) in [6.07, 6.45) is 7.76. The number of benzene rings is 1. The third-order valence-electron chi connectivity index (χ3n) is 5.18. The third-order valence-corrected chi connectivity index (χ3v) is 6.04. The van der Waals surface area contributed by atoms with E-state index in [1.165, 1.54) is 5.56 Å². The van der Waals surface area contributed by atoms with Crippen LogP contribution in [-0.2, 0) is 6.54 Å². The lowest BCUT2D eigenvalue weighted by atomic mass is 9.90. The summed E-state index contributed by atoms with van der Waals surface area (Å²) < 4.78 is 0. The minimum Gasteiger partial charge on any atom is -0.342 e. The van der Waals surface area contributed by atoms with Crippen LogP contribution >= 0.6 is 11.3 Å². The summed E-state index contributed by atoms with van der Waals surface area (Å²) >= 11 is 1.61. The molecule has 1 aliphatic rings. The zero-order chi connectivity index (χ0) is 19.2. The van der Waals surface area contributed by atoms with E-state index in [1.807, 2.05) is 54.2 Å². The second-order valence-electron chi connectivity index (χ2n) is 7.19. The van der Waals surface area contributed by atoms with Gasteiger partial charge in [-0.25, -0.2) is 4.98 Å². The molecule has 1 saturated heterocycles. The minimum absolute atomic E-state index is 0.0369. The number of carbonyl (C=O) groups excluding carboxylic acids is 1. The highest BCUT2D eigenvalue weighted by atomic mass is 32.1. The molecule has 4 rings (SSSR count). The summed E-state index contributed by atoms with van der Waals surface area (Å²) in [5.74, 6) is 0.300. The monoisotopic (exact) mass is 392 g/mol. The number of piperidine rings is 1. The molecule has 1 N–H and O–H groups in total. The molecular formula is C22H24N4OS. The van der Waals surface area contributed by atoms with Crippen molar-refractivity contribution in [3.05, 3.63) is 82.6 Å². The zero-order valence-corrected chi connectivity index (χ0v) is 16.5. The van der Waals surface area contributed by atoms with Crippen LogP contribution in [0.4, 0.5) is 0 Å². The van der Waals surface area contributed by atoms with Gasteiger partial charge in [0.15, 0.2) is 0 Å². The lowest BCUT2D eigenvalue weighted by Gasteiger charge is -2.36. The van der Waals surface area contributed by atoms with Crippen LogP contribution in [0.2, 0.25) is 0 Å². The smallest absolute Gasteiger partial charge is 0.251 e. The molecule has 3 aromatic rings. The molecule has 1 aromatic carbocycles. The Morgan fingerprint density at radius 1 is 1.21 bits per heavy atom. The minimum atomic E-state index is -0.0654. The van der Waals surface area contributed by atoms with Crippen LogP contribution < -0.4 is 5.32 Å². The molecule has 0 saturated carbocycles. The molecule has 1 fully saturated rings. The summed E-state index contributed by atoms with van der Waals surface area (Å²) in [7, 11) is 0. The molecule has 0 radical (unpaired) electrons. The number of hydrogen-bond acceptors (Lipinski definition) is 5. The lowest BCUT2D eigenvalue weighted by Crippen LogP contribution is -2.42. The summed E-state index contributed by atoms with van der Waals surface area (Å²) in [5, 5.41) is 6.22. The third kappa shape index (κ3) is 4.64. The van der Waals surface area contributed by atoms with Gasteiger partial charge in [0, 0.05) is 42.6 Å². The Labute approximate surface area is 169 Å². The van der Waals surface area contributed by atoms with Crippen LogP contribution in [0, 0.1) is 5.92 Å². The number of hydrogen-bond donors (Lipinski definition) is 1. The molecule has 1 amide bonds. The highest BCUT2D eigenvalue weighted by Gasteiger charge is 2.31. The SMILES string of the molecule is O=C(NC(c1nccs1)C1CCCN(Cc2cccnc2)C1)c1ccccc1. The standard InChI is InChI=1S/C22H24N4OS/c27-21(18-7-2-1-3-8-18)25-20(22-24-11-13-28-22)19-9-5-12-26(16-19)15-17-6-4-10-23-14-17/h1-4,6-8,10-11,13-14,19-20H,5,9,12,15-16H2,(H,25,27). The number of nitrogens with zero attached hydrogens (tertiary/aromatic N) is 3. The van der Waals surface area contributed by atoms with Gasteiger partial charge in [0.05, 0.1) is 6.04 Å². The van der Waals surface area contributed by atoms with Crippen molar-refractivity contribution in [2.24, 2.45) is 5.92 Å². The number of nitrogens with one attached hydrogen (secondary N) is 1. The van der Waals surface area contributed by atoms with E-state index >= 15 is 0 Å². The zero-order valence-electron chi connectivity index (χ0n) is 15.7. The van der Waals surface area contributed by atoms with E-state index in [-0.39, 0.29) is 11.9 Å². The molecule has 144 valence electrons. The van der Waals surface area contributed by atoms with Crippen molar-refractivity contribution >= 4 is 17.2 Å². The fourth-order valence-corrected chi connectivity index (χ4v) is 4.62. The maximum atomic E-state index is 12.8. The fourth-order valence-electron chi connectivity index (χ4n) is 3.84. The first-order chi connectivity index (χ1) is 13.8. The normalized spacial score (nSPS) is 18.5. The van der Waals surface area contributed by atoms with Crippen molar-refractivity contribution < 1.29 is 4.79 Å². The number of rotatable bonds is 6. The Kier molecular flexibility index (Phi) is 6.09.